The number of fused-ring (bicyclic) bond motifs is 6. The Morgan fingerprint density at radius 1 is 0.365 bits per heavy atom. The maximum Gasteiger partial charge on any atom is 0.212 e. The molecule has 0 unspecified atom stereocenters. The molecule has 7 aromatic carbocycles. The fourth-order valence-electron chi connectivity index (χ4n) is 9.09. The summed E-state index contributed by atoms with van der Waals surface area (Å²) in [6.07, 6.45) is 0.812. The van der Waals surface area contributed by atoms with Crippen LogP contribution in [0.4, 0.5) is 0 Å². The maximum absolute atomic E-state index is 12.4. The van der Waals surface area contributed by atoms with Crippen LogP contribution < -0.4 is 0 Å². The standard InChI is InChI=1S/C57H38N4O2/c1-34-28-46(52-31-49(38-19-11-5-12-20-38)43-25-26-44-50(39-21-13-6-14-22-39)32-53(63)61-57(44)56(43)60-52)35(2)27-45(34)51-30-48(37-17-9-4-10-18-37)42-24-23-41-47(36-15-7-3-8-16-36)29-40(33-62)58-54(41)55(42)59-51/h3-33H,1-2H3,(H,61,63). The number of aldehydes is 1. The highest BCUT2D eigenvalue weighted by atomic mass is 16.3. The first kappa shape index (κ1) is 37.6. The quantitative estimate of drug-likeness (QED) is 0.127. The van der Waals surface area contributed by atoms with Gasteiger partial charge in [-0.25, -0.2) is 19.9 Å². The fourth-order valence-corrected chi connectivity index (χ4v) is 9.09. The first-order chi connectivity index (χ1) is 30.9. The molecule has 11 aromatic rings. The molecule has 6 heteroatoms. The predicted octanol–water partition coefficient (Wildman–Crippen LogP) is 14.0. The molecular weight excluding hydrogens is 773 g/mol. The molecule has 0 bridgehead atoms. The Morgan fingerprint density at radius 3 is 1.08 bits per heavy atom. The van der Waals surface area contributed by atoms with Crippen molar-refractivity contribution in [1.29, 1.82) is 0 Å². The van der Waals surface area contributed by atoms with Crippen LogP contribution in [0, 0.1) is 13.8 Å². The summed E-state index contributed by atoms with van der Waals surface area (Å²) in [5.41, 5.74) is 16.7. The minimum Gasteiger partial charge on any atom is -0.493 e. The molecular formula is C57H38N4O2. The van der Waals surface area contributed by atoms with Gasteiger partial charge < -0.3 is 5.11 Å². The van der Waals surface area contributed by atoms with E-state index in [0.717, 1.165) is 111 Å². The van der Waals surface area contributed by atoms with Crippen molar-refractivity contribution in [3.8, 4) is 72.9 Å². The highest BCUT2D eigenvalue weighted by Crippen LogP contribution is 2.42. The average Bonchev–Trinajstić information content (AvgIpc) is 3.34. The molecule has 0 aliphatic heterocycles. The minimum atomic E-state index is -0.0573. The van der Waals surface area contributed by atoms with Crippen LogP contribution in [0.25, 0.3) is 111 Å². The van der Waals surface area contributed by atoms with Gasteiger partial charge in [-0.3, -0.25) is 4.79 Å². The number of hydrogen-bond acceptors (Lipinski definition) is 6. The monoisotopic (exact) mass is 810 g/mol. The third kappa shape index (κ3) is 6.57. The normalized spacial score (nSPS) is 11.5. The van der Waals surface area contributed by atoms with Gasteiger partial charge in [-0.2, -0.15) is 0 Å². The van der Waals surface area contributed by atoms with Crippen LogP contribution in [0.5, 0.6) is 5.88 Å². The van der Waals surface area contributed by atoms with E-state index in [1.165, 1.54) is 0 Å². The van der Waals surface area contributed by atoms with Gasteiger partial charge in [0.2, 0.25) is 5.88 Å². The lowest BCUT2D eigenvalue weighted by atomic mass is 9.91. The summed E-state index contributed by atoms with van der Waals surface area (Å²) in [5, 5.41) is 14.8. The molecule has 0 aliphatic rings. The van der Waals surface area contributed by atoms with Gasteiger partial charge in [-0.05, 0) is 99.8 Å². The number of rotatable bonds is 7. The highest BCUT2D eigenvalue weighted by molar-refractivity contribution is 6.14. The van der Waals surface area contributed by atoms with Crippen molar-refractivity contribution in [2.45, 2.75) is 13.8 Å². The van der Waals surface area contributed by atoms with E-state index < -0.39 is 0 Å². The Kier molecular flexibility index (Phi) is 9.13. The van der Waals surface area contributed by atoms with E-state index >= 15 is 0 Å². The summed E-state index contributed by atoms with van der Waals surface area (Å²) in [5.74, 6) is -0.0573. The van der Waals surface area contributed by atoms with Gasteiger partial charge in [0.25, 0.3) is 0 Å². The van der Waals surface area contributed by atoms with Gasteiger partial charge in [-0.1, -0.05) is 146 Å². The number of nitrogens with zero attached hydrogens (tertiary/aromatic N) is 4. The van der Waals surface area contributed by atoms with Crippen molar-refractivity contribution in [3.05, 3.63) is 199 Å². The van der Waals surface area contributed by atoms with Crippen molar-refractivity contribution in [2.75, 3.05) is 0 Å². The molecule has 11 rings (SSSR count). The molecule has 6 nitrogen and oxygen atoms in total. The number of carbonyl (C=O) groups excluding carboxylic acids is 1. The zero-order valence-corrected chi connectivity index (χ0v) is 34.5. The van der Waals surface area contributed by atoms with Gasteiger partial charge in [0.05, 0.1) is 27.9 Å². The summed E-state index contributed by atoms with van der Waals surface area (Å²) < 4.78 is 0. The Hall–Kier alpha value is -8.35. The van der Waals surface area contributed by atoms with Crippen LogP contribution in [-0.2, 0) is 0 Å². The zero-order valence-electron chi connectivity index (χ0n) is 34.5. The molecule has 298 valence electrons. The molecule has 63 heavy (non-hydrogen) atoms. The lowest BCUT2D eigenvalue weighted by molar-refractivity contribution is 0.111. The Bertz CT molecular complexity index is 3590. The van der Waals surface area contributed by atoms with E-state index in [-0.39, 0.29) is 5.88 Å². The Balaban J connectivity index is 1.14. The first-order valence-electron chi connectivity index (χ1n) is 21.0. The number of benzene rings is 7. The van der Waals surface area contributed by atoms with E-state index in [4.69, 9.17) is 19.9 Å². The number of carbonyl (C=O) groups is 1. The molecule has 0 radical (unpaired) electrons. The lowest BCUT2D eigenvalue weighted by Gasteiger charge is -2.17. The molecule has 0 saturated carbocycles. The first-order valence-corrected chi connectivity index (χ1v) is 21.0. The Morgan fingerprint density at radius 2 is 0.698 bits per heavy atom. The van der Waals surface area contributed by atoms with Crippen LogP contribution in [0.2, 0.25) is 0 Å². The second-order valence-electron chi connectivity index (χ2n) is 16.0. The van der Waals surface area contributed by atoms with Crippen molar-refractivity contribution in [2.24, 2.45) is 0 Å². The van der Waals surface area contributed by atoms with E-state index in [0.29, 0.717) is 22.2 Å². The summed E-state index contributed by atoms with van der Waals surface area (Å²) in [6.45, 7) is 4.23. The molecule has 0 atom stereocenters. The molecule has 0 aliphatic carbocycles. The number of hydrogen-bond donors (Lipinski definition) is 1. The molecule has 0 amide bonds. The van der Waals surface area contributed by atoms with Crippen LogP contribution >= 0.6 is 0 Å². The minimum absolute atomic E-state index is 0.0573. The number of aromatic hydroxyl groups is 1. The molecule has 0 saturated heterocycles. The van der Waals surface area contributed by atoms with E-state index in [1.54, 1.807) is 6.07 Å². The highest BCUT2D eigenvalue weighted by Gasteiger charge is 2.21. The SMILES string of the molecule is Cc1cc(-c2cc(-c3ccccc3)c3ccc4c(-c5ccccc5)cc(C=O)nc4c3n2)c(C)cc1-c1cc(-c2ccccc2)c2ccc3c(-c4ccccc4)cc(O)nc3c2n1. The molecule has 1 N–H and O–H groups in total. The molecule has 4 aromatic heterocycles. The van der Waals surface area contributed by atoms with Crippen LogP contribution in [0.3, 0.4) is 0 Å². The smallest absolute Gasteiger partial charge is 0.212 e. The summed E-state index contributed by atoms with van der Waals surface area (Å²) in [7, 11) is 0. The van der Waals surface area contributed by atoms with Crippen LogP contribution in [0.1, 0.15) is 21.6 Å². The second kappa shape index (κ2) is 15.3. The summed E-state index contributed by atoms with van der Waals surface area (Å²) in [4.78, 5) is 32.9. The molecule has 0 fully saturated rings. The van der Waals surface area contributed by atoms with E-state index in [2.05, 4.69) is 98.8 Å². The number of aromatic nitrogens is 4. The van der Waals surface area contributed by atoms with Gasteiger partial charge in [-0.15, -0.1) is 0 Å². The average molecular weight is 811 g/mol. The molecule has 4 heterocycles. The second-order valence-corrected chi connectivity index (χ2v) is 16.0. The lowest BCUT2D eigenvalue weighted by Crippen LogP contribution is -1.98. The van der Waals surface area contributed by atoms with Gasteiger partial charge >= 0.3 is 0 Å². The van der Waals surface area contributed by atoms with E-state index in [1.807, 2.05) is 91.0 Å². The van der Waals surface area contributed by atoms with Crippen molar-refractivity contribution in [1.82, 2.24) is 19.9 Å². The van der Waals surface area contributed by atoms with Gasteiger partial charge in [0, 0.05) is 38.7 Å². The molecule has 0 spiro atoms. The predicted molar refractivity (Wildman–Crippen MR) is 257 cm³/mol. The number of aryl methyl sites for hydroxylation is 2. The maximum atomic E-state index is 12.4. The van der Waals surface area contributed by atoms with E-state index in [9.17, 15) is 9.90 Å². The summed E-state index contributed by atoms with van der Waals surface area (Å²) >= 11 is 0. The third-order valence-corrected chi connectivity index (χ3v) is 12.1. The van der Waals surface area contributed by atoms with Crippen molar-refractivity contribution >= 4 is 49.9 Å². The third-order valence-electron chi connectivity index (χ3n) is 12.1. The summed E-state index contributed by atoms with van der Waals surface area (Å²) in [6, 6.07) is 61.6. The fraction of sp³-hybridized carbons (Fsp3) is 0.0351. The van der Waals surface area contributed by atoms with Crippen molar-refractivity contribution < 1.29 is 9.90 Å². The Labute approximate surface area is 363 Å². The van der Waals surface area contributed by atoms with Crippen LogP contribution in [0.15, 0.2) is 182 Å². The number of pyridine rings is 4. The zero-order chi connectivity index (χ0) is 42.6. The largest absolute Gasteiger partial charge is 0.493 e. The van der Waals surface area contributed by atoms with Gasteiger partial charge in [0.15, 0.2) is 6.29 Å². The van der Waals surface area contributed by atoms with Crippen molar-refractivity contribution in [3.63, 3.8) is 0 Å². The van der Waals surface area contributed by atoms with Crippen LogP contribution in [-0.4, -0.2) is 31.3 Å². The van der Waals surface area contributed by atoms with Gasteiger partial charge in [0.1, 0.15) is 11.2 Å². The topological polar surface area (TPSA) is 88.9 Å².